The summed E-state index contributed by atoms with van der Waals surface area (Å²) in [7, 11) is -7.48. The molecule has 7 heteroatoms. The topological polar surface area (TPSA) is 71.5 Å². The lowest BCUT2D eigenvalue weighted by molar-refractivity contribution is -0.0339. The fourth-order valence-electron chi connectivity index (χ4n) is 5.24. The van der Waals surface area contributed by atoms with Crippen LogP contribution in [0.5, 0.6) is 0 Å². The van der Waals surface area contributed by atoms with Gasteiger partial charge in [-0.3, -0.25) is 0 Å². The molecular weight excluding hydrogens is 286 g/mol. The molecule has 0 aliphatic heterocycles. The van der Waals surface area contributed by atoms with Crippen LogP contribution in [0, 0.1) is 17.8 Å². The van der Waals surface area contributed by atoms with Gasteiger partial charge < -0.3 is 0 Å². The van der Waals surface area contributed by atoms with Crippen LogP contribution in [0.4, 0.5) is 0 Å². The van der Waals surface area contributed by atoms with Gasteiger partial charge in [-0.05, 0) is 56.3 Å². The molecule has 5 nitrogen and oxygen atoms in total. The molecule has 19 heavy (non-hydrogen) atoms. The van der Waals surface area contributed by atoms with E-state index in [1.54, 1.807) is 0 Å². The van der Waals surface area contributed by atoms with Crippen molar-refractivity contribution in [2.45, 2.75) is 44.1 Å². The van der Waals surface area contributed by atoms with Crippen molar-refractivity contribution < 1.29 is 16.8 Å². The van der Waals surface area contributed by atoms with Crippen LogP contribution in [0.3, 0.4) is 0 Å². The van der Waals surface area contributed by atoms with Crippen LogP contribution in [0.15, 0.2) is 0 Å². The molecule has 0 radical (unpaired) electrons. The van der Waals surface area contributed by atoms with Crippen LogP contribution in [-0.2, 0) is 20.0 Å². The summed E-state index contributed by atoms with van der Waals surface area (Å²) in [6, 6.07) is 0. The summed E-state index contributed by atoms with van der Waals surface area (Å²) in [5, 5.41) is 0. The van der Waals surface area contributed by atoms with Crippen LogP contribution in [-0.4, -0.2) is 38.6 Å². The molecule has 0 amide bonds. The molecule has 4 aliphatic carbocycles. The summed E-state index contributed by atoms with van der Waals surface area (Å²) in [6.07, 6.45) is 7.67. The number of sulfonamides is 2. The maximum Gasteiger partial charge on any atom is 0.224 e. The fourth-order valence-corrected chi connectivity index (χ4v) is 9.06. The standard InChI is InChI=1S/C12H21NO4S2/c1-18(14,15)13(19(2,16)17)12-6-9-3-10(7-12)5-11(4-9)8-12/h9-11H,3-8H2,1-2H3. The Morgan fingerprint density at radius 3 is 1.37 bits per heavy atom. The lowest BCUT2D eigenvalue weighted by atomic mass is 9.53. The molecule has 0 N–H and O–H groups in total. The molecule has 110 valence electrons. The summed E-state index contributed by atoms with van der Waals surface area (Å²) in [5.41, 5.74) is -0.657. The third kappa shape index (κ3) is 2.23. The van der Waals surface area contributed by atoms with Crippen molar-refractivity contribution in [2.24, 2.45) is 17.8 Å². The average molecular weight is 307 g/mol. The van der Waals surface area contributed by atoms with Crippen molar-refractivity contribution in [1.82, 2.24) is 3.71 Å². The van der Waals surface area contributed by atoms with Gasteiger partial charge in [0.1, 0.15) is 0 Å². The highest BCUT2D eigenvalue weighted by molar-refractivity contribution is 8.03. The first-order valence-electron chi connectivity index (χ1n) is 6.81. The smallest absolute Gasteiger partial charge is 0.212 e. The van der Waals surface area contributed by atoms with Gasteiger partial charge in [0.2, 0.25) is 20.0 Å². The molecule has 0 aromatic rings. The predicted octanol–water partition coefficient (Wildman–Crippen LogP) is 1.18. The SMILES string of the molecule is CS(=O)(=O)N(C12CC3CC(CC(C3)C1)C2)S(C)(=O)=O. The quantitative estimate of drug-likeness (QED) is 0.785. The fraction of sp³-hybridized carbons (Fsp3) is 1.00. The molecule has 0 unspecified atom stereocenters. The monoisotopic (exact) mass is 307 g/mol. The molecule has 4 rings (SSSR count). The summed E-state index contributed by atoms with van der Waals surface area (Å²) in [5.74, 6) is 1.53. The minimum Gasteiger partial charge on any atom is -0.212 e. The van der Waals surface area contributed by atoms with E-state index >= 15 is 0 Å². The predicted molar refractivity (Wildman–Crippen MR) is 72.4 cm³/mol. The lowest BCUT2D eigenvalue weighted by Crippen LogP contribution is -2.62. The van der Waals surface area contributed by atoms with Gasteiger partial charge in [-0.2, -0.15) is 0 Å². The minimum atomic E-state index is -3.74. The summed E-state index contributed by atoms with van der Waals surface area (Å²) >= 11 is 0. The van der Waals surface area contributed by atoms with Gasteiger partial charge >= 0.3 is 0 Å². The molecule has 0 aromatic carbocycles. The van der Waals surface area contributed by atoms with Crippen LogP contribution in [0.1, 0.15) is 38.5 Å². The van der Waals surface area contributed by atoms with Crippen molar-refractivity contribution in [2.75, 3.05) is 12.5 Å². The maximum absolute atomic E-state index is 12.0. The van der Waals surface area contributed by atoms with E-state index in [4.69, 9.17) is 0 Å². The van der Waals surface area contributed by atoms with E-state index in [0.717, 1.165) is 54.7 Å². The number of hydrogen-bond donors (Lipinski definition) is 0. The van der Waals surface area contributed by atoms with E-state index in [2.05, 4.69) is 0 Å². The third-order valence-electron chi connectivity index (χ3n) is 5.00. The zero-order valence-corrected chi connectivity index (χ0v) is 13.0. The molecular formula is C12H21NO4S2. The minimum absolute atomic E-state index is 0.511. The largest absolute Gasteiger partial charge is 0.224 e. The highest BCUT2D eigenvalue weighted by atomic mass is 32.3. The zero-order valence-electron chi connectivity index (χ0n) is 11.4. The maximum atomic E-state index is 12.0. The molecule has 0 spiro atoms. The second-order valence-corrected chi connectivity index (χ2v) is 10.8. The molecule has 4 aliphatic rings. The van der Waals surface area contributed by atoms with Crippen molar-refractivity contribution >= 4 is 20.0 Å². The first-order valence-corrected chi connectivity index (χ1v) is 10.5. The first-order chi connectivity index (χ1) is 8.60. The van der Waals surface area contributed by atoms with Gasteiger partial charge in [0, 0.05) is 0 Å². The average Bonchev–Trinajstić information content (AvgIpc) is 2.07. The summed E-state index contributed by atoms with van der Waals surface area (Å²) < 4.78 is 49.0. The number of hydrogen-bond acceptors (Lipinski definition) is 4. The lowest BCUT2D eigenvalue weighted by Gasteiger charge is -2.58. The van der Waals surface area contributed by atoms with Crippen LogP contribution in [0.2, 0.25) is 0 Å². The van der Waals surface area contributed by atoms with Gasteiger partial charge in [-0.25, -0.2) is 16.8 Å². The highest BCUT2D eigenvalue weighted by Crippen LogP contribution is 2.58. The van der Waals surface area contributed by atoms with E-state index in [1.165, 1.54) is 0 Å². The highest BCUT2D eigenvalue weighted by Gasteiger charge is 2.58. The molecule has 0 saturated heterocycles. The van der Waals surface area contributed by atoms with Crippen molar-refractivity contribution in [3.8, 4) is 0 Å². The first kappa shape index (κ1) is 13.8. The van der Waals surface area contributed by atoms with Gasteiger partial charge in [0.15, 0.2) is 0 Å². The Balaban J connectivity index is 2.08. The Labute approximate surface area is 115 Å². The van der Waals surface area contributed by atoms with E-state index in [-0.39, 0.29) is 0 Å². The molecule has 4 saturated carbocycles. The summed E-state index contributed by atoms with van der Waals surface area (Å²) in [4.78, 5) is 0. The number of nitrogens with zero attached hydrogens (tertiary/aromatic N) is 1. The van der Waals surface area contributed by atoms with Crippen LogP contribution < -0.4 is 0 Å². The second kappa shape index (κ2) is 3.95. The van der Waals surface area contributed by atoms with E-state index in [0.29, 0.717) is 17.8 Å². The Hall–Kier alpha value is -0.140. The van der Waals surface area contributed by atoms with Crippen molar-refractivity contribution in [3.05, 3.63) is 0 Å². The molecule has 0 atom stereocenters. The Morgan fingerprint density at radius 1 is 0.789 bits per heavy atom. The van der Waals surface area contributed by atoms with Gasteiger partial charge in [0.25, 0.3) is 0 Å². The molecule has 4 bridgehead atoms. The molecule has 0 aromatic heterocycles. The van der Waals surface area contributed by atoms with Crippen LogP contribution >= 0.6 is 0 Å². The van der Waals surface area contributed by atoms with Crippen LogP contribution in [0.25, 0.3) is 0 Å². The second-order valence-electron chi connectivity index (χ2n) is 6.87. The van der Waals surface area contributed by atoms with E-state index < -0.39 is 25.6 Å². The molecule has 0 heterocycles. The van der Waals surface area contributed by atoms with Gasteiger partial charge in [0.05, 0.1) is 18.1 Å². The van der Waals surface area contributed by atoms with E-state index in [9.17, 15) is 16.8 Å². The van der Waals surface area contributed by atoms with Crippen molar-refractivity contribution in [3.63, 3.8) is 0 Å². The van der Waals surface area contributed by atoms with Gasteiger partial charge in [-0.1, -0.05) is 3.71 Å². The normalized spacial score (nSPS) is 41.9. The van der Waals surface area contributed by atoms with Gasteiger partial charge in [-0.15, -0.1) is 0 Å². The Kier molecular flexibility index (Phi) is 2.87. The third-order valence-corrected chi connectivity index (χ3v) is 8.60. The van der Waals surface area contributed by atoms with E-state index in [1.807, 2.05) is 0 Å². The number of rotatable bonds is 3. The van der Waals surface area contributed by atoms with Crippen molar-refractivity contribution in [1.29, 1.82) is 0 Å². The zero-order chi connectivity index (χ0) is 14.1. The Bertz CT molecular complexity index is 526. The Morgan fingerprint density at radius 2 is 1.11 bits per heavy atom. The molecule has 4 fully saturated rings. The summed E-state index contributed by atoms with van der Waals surface area (Å²) in [6.45, 7) is 0.